The maximum absolute atomic E-state index is 12.4. The number of hydrogen-bond donors (Lipinski definition) is 1. The number of anilines is 1. The van der Waals surface area contributed by atoms with Crippen LogP contribution in [0.2, 0.25) is 0 Å². The van der Waals surface area contributed by atoms with Gasteiger partial charge in [0.15, 0.2) is 0 Å². The predicted octanol–water partition coefficient (Wildman–Crippen LogP) is 2.66. The van der Waals surface area contributed by atoms with Crippen LogP contribution in [0, 0.1) is 0 Å². The van der Waals surface area contributed by atoms with E-state index < -0.39 is 0 Å². The fourth-order valence-corrected chi connectivity index (χ4v) is 4.00. The van der Waals surface area contributed by atoms with E-state index in [2.05, 4.69) is 15.1 Å². The molecule has 164 valence electrons. The Hall–Kier alpha value is -2.90. The first kappa shape index (κ1) is 21.3. The molecular formula is C24H30N4O3. The van der Waals surface area contributed by atoms with Crippen LogP contribution in [-0.2, 0) is 9.59 Å². The first-order valence-electron chi connectivity index (χ1n) is 11.0. The number of hydrogen-bond acceptors (Lipinski definition) is 5. The molecule has 2 heterocycles. The van der Waals surface area contributed by atoms with Crippen molar-refractivity contribution in [1.29, 1.82) is 0 Å². The van der Waals surface area contributed by atoms with Crippen LogP contribution < -0.4 is 10.1 Å². The Labute approximate surface area is 183 Å². The molecule has 0 saturated carbocycles. The van der Waals surface area contributed by atoms with Gasteiger partial charge >= 0.3 is 0 Å². The molecule has 0 spiro atoms. The van der Waals surface area contributed by atoms with Gasteiger partial charge in [-0.05, 0) is 49.2 Å². The summed E-state index contributed by atoms with van der Waals surface area (Å²) in [5.74, 6) is 1.71. The molecule has 0 radical (unpaired) electrons. The second kappa shape index (κ2) is 10.4. The molecule has 0 bridgehead atoms. The number of likely N-dealkylation sites (tertiary alicyclic amines) is 1. The summed E-state index contributed by atoms with van der Waals surface area (Å²) in [6, 6.07) is 17.0. The van der Waals surface area contributed by atoms with Gasteiger partial charge < -0.3 is 15.0 Å². The SMILES string of the molecule is O=C(CN1CCN(CC(=O)N2CCCC2)CC1)Nc1ccc(Oc2ccccc2)cc1. The molecule has 31 heavy (non-hydrogen) atoms. The van der Waals surface area contributed by atoms with E-state index in [0.717, 1.165) is 69.3 Å². The lowest BCUT2D eigenvalue weighted by molar-refractivity contribution is -0.132. The third-order valence-electron chi connectivity index (χ3n) is 5.77. The van der Waals surface area contributed by atoms with Crippen molar-refractivity contribution >= 4 is 17.5 Å². The molecule has 2 aliphatic heterocycles. The van der Waals surface area contributed by atoms with Crippen LogP contribution in [0.1, 0.15) is 12.8 Å². The number of carbonyl (C=O) groups is 2. The summed E-state index contributed by atoms with van der Waals surface area (Å²) in [5, 5.41) is 2.95. The molecule has 1 N–H and O–H groups in total. The lowest BCUT2D eigenvalue weighted by Crippen LogP contribution is -2.51. The highest BCUT2D eigenvalue weighted by atomic mass is 16.5. The van der Waals surface area contributed by atoms with Gasteiger partial charge in [-0.15, -0.1) is 0 Å². The Morgan fingerprint density at radius 1 is 0.742 bits per heavy atom. The molecule has 2 aromatic rings. The van der Waals surface area contributed by atoms with Gasteiger partial charge in [-0.2, -0.15) is 0 Å². The van der Waals surface area contributed by atoms with Gasteiger partial charge in [0.1, 0.15) is 11.5 Å². The van der Waals surface area contributed by atoms with E-state index in [0.29, 0.717) is 13.1 Å². The number of piperazine rings is 1. The zero-order valence-corrected chi connectivity index (χ0v) is 17.8. The third kappa shape index (κ3) is 6.29. The van der Waals surface area contributed by atoms with Gasteiger partial charge in [-0.1, -0.05) is 18.2 Å². The normalized spacial score (nSPS) is 17.5. The molecule has 0 aromatic heterocycles. The van der Waals surface area contributed by atoms with Crippen LogP contribution in [-0.4, -0.2) is 78.9 Å². The summed E-state index contributed by atoms with van der Waals surface area (Å²) >= 11 is 0. The van der Waals surface area contributed by atoms with Gasteiger partial charge in [0.2, 0.25) is 11.8 Å². The van der Waals surface area contributed by atoms with E-state index in [1.807, 2.05) is 59.5 Å². The van der Waals surface area contributed by atoms with Crippen molar-refractivity contribution in [1.82, 2.24) is 14.7 Å². The zero-order valence-electron chi connectivity index (χ0n) is 17.8. The van der Waals surface area contributed by atoms with E-state index in [1.165, 1.54) is 0 Å². The van der Waals surface area contributed by atoms with Gasteiger partial charge in [-0.3, -0.25) is 19.4 Å². The summed E-state index contributed by atoms with van der Waals surface area (Å²) in [6.07, 6.45) is 2.24. The zero-order chi connectivity index (χ0) is 21.5. The van der Waals surface area contributed by atoms with Crippen molar-refractivity contribution in [2.24, 2.45) is 0 Å². The number of amides is 2. The number of nitrogens with one attached hydrogen (secondary N) is 1. The first-order valence-corrected chi connectivity index (χ1v) is 11.0. The van der Waals surface area contributed by atoms with Crippen LogP contribution in [0.5, 0.6) is 11.5 Å². The Kier molecular flexibility index (Phi) is 7.17. The lowest BCUT2D eigenvalue weighted by atomic mass is 10.2. The van der Waals surface area contributed by atoms with Crippen LogP contribution in [0.3, 0.4) is 0 Å². The Bertz CT molecular complexity index is 858. The second-order valence-electron chi connectivity index (χ2n) is 8.13. The van der Waals surface area contributed by atoms with E-state index in [1.54, 1.807) is 0 Å². The lowest BCUT2D eigenvalue weighted by Gasteiger charge is -2.34. The predicted molar refractivity (Wildman–Crippen MR) is 120 cm³/mol. The van der Waals surface area contributed by atoms with Gasteiger partial charge in [-0.25, -0.2) is 0 Å². The number of carbonyl (C=O) groups excluding carboxylic acids is 2. The smallest absolute Gasteiger partial charge is 0.238 e. The fourth-order valence-electron chi connectivity index (χ4n) is 4.00. The second-order valence-corrected chi connectivity index (χ2v) is 8.13. The van der Waals surface area contributed by atoms with Gasteiger partial charge in [0, 0.05) is 45.0 Å². The average molecular weight is 423 g/mol. The van der Waals surface area contributed by atoms with Crippen LogP contribution in [0.4, 0.5) is 5.69 Å². The highest BCUT2D eigenvalue weighted by molar-refractivity contribution is 5.92. The number of benzene rings is 2. The molecule has 7 heteroatoms. The minimum absolute atomic E-state index is 0.0293. The molecule has 2 amide bonds. The molecule has 4 rings (SSSR count). The Morgan fingerprint density at radius 2 is 1.32 bits per heavy atom. The number of para-hydroxylation sites is 1. The van der Waals surface area contributed by atoms with Crippen LogP contribution >= 0.6 is 0 Å². The largest absolute Gasteiger partial charge is 0.457 e. The monoisotopic (exact) mass is 422 g/mol. The molecule has 0 atom stereocenters. The minimum atomic E-state index is -0.0293. The molecular weight excluding hydrogens is 392 g/mol. The minimum Gasteiger partial charge on any atom is -0.457 e. The first-order chi connectivity index (χ1) is 15.2. The molecule has 0 unspecified atom stereocenters. The summed E-state index contributed by atoms with van der Waals surface area (Å²) in [7, 11) is 0. The number of nitrogens with zero attached hydrogens (tertiary/aromatic N) is 3. The van der Waals surface area contributed by atoms with Crippen molar-refractivity contribution in [2.75, 3.05) is 57.7 Å². The summed E-state index contributed by atoms with van der Waals surface area (Å²) in [5.41, 5.74) is 0.750. The van der Waals surface area contributed by atoms with Crippen LogP contribution in [0.25, 0.3) is 0 Å². The molecule has 2 aliphatic rings. The van der Waals surface area contributed by atoms with Crippen molar-refractivity contribution < 1.29 is 14.3 Å². The quantitative estimate of drug-likeness (QED) is 0.743. The van der Waals surface area contributed by atoms with Gasteiger partial charge in [0.25, 0.3) is 0 Å². The van der Waals surface area contributed by atoms with Crippen LogP contribution in [0.15, 0.2) is 54.6 Å². The maximum atomic E-state index is 12.4. The number of rotatable bonds is 7. The number of ether oxygens (including phenoxy) is 1. The van der Waals surface area contributed by atoms with Crippen molar-refractivity contribution in [3.05, 3.63) is 54.6 Å². The molecule has 7 nitrogen and oxygen atoms in total. The van der Waals surface area contributed by atoms with E-state index in [4.69, 9.17) is 4.74 Å². The summed E-state index contributed by atoms with van der Waals surface area (Å²) in [4.78, 5) is 31.0. The van der Waals surface area contributed by atoms with E-state index in [-0.39, 0.29) is 11.8 Å². The highest BCUT2D eigenvalue weighted by Crippen LogP contribution is 2.22. The topological polar surface area (TPSA) is 65.1 Å². The molecule has 2 fully saturated rings. The highest BCUT2D eigenvalue weighted by Gasteiger charge is 2.24. The van der Waals surface area contributed by atoms with Crippen molar-refractivity contribution in [3.63, 3.8) is 0 Å². The van der Waals surface area contributed by atoms with Crippen molar-refractivity contribution in [2.45, 2.75) is 12.8 Å². The molecule has 2 saturated heterocycles. The average Bonchev–Trinajstić information content (AvgIpc) is 3.32. The van der Waals surface area contributed by atoms with E-state index >= 15 is 0 Å². The third-order valence-corrected chi connectivity index (χ3v) is 5.77. The summed E-state index contributed by atoms with van der Waals surface area (Å²) < 4.78 is 5.78. The maximum Gasteiger partial charge on any atom is 0.238 e. The van der Waals surface area contributed by atoms with Crippen molar-refractivity contribution in [3.8, 4) is 11.5 Å². The summed E-state index contributed by atoms with van der Waals surface area (Å²) in [6.45, 7) is 5.89. The Morgan fingerprint density at radius 3 is 1.97 bits per heavy atom. The Balaban J connectivity index is 1.17. The van der Waals surface area contributed by atoms with Gasteiger partial charge in [0.05, 0.1) is 13.1 Å². The van der Waals surface area contributed by atoms with E-state index in [9.17, 15) is 9.59 Å². The fraction of sp³-hybridized carbons (Fsp3) is 0.417. The molecule has 2 aromatic carbocycles. The standard InChI is InChI=1S/C24H30N4O3/c29-23(25-20-8-10-22(11-9-20)31-21-6-2-1-3-7-21)18-26-14-16-27(17-15-26)19-24(30)28-12-4-5-13-28/h1-3,6-11H,4-5,12-19H2,(H,25,29). The molecule has 0 aliphatic carbocycles.